The van der Waals surface area contributed by atoms with Crippen LogP contribution in [0.15, 0.2) is 6.20 Å². The first-order valence-corrected chi connectivity index (χ1v) is 10.3. The summed E-state index contributed by atoms with van der Waals surface area (Å²) in [5.41, 5.74) is 5.56. The van der Waals surface area contributed by atoms with E-state index in [4.69, 9.17) is 4.98 Å². The fraction of sp³-hybridized carbons (Fsp3) is 0.619. The van der Waals surface area contributed by atoms with E-state index in [-0.39, 0.29) is 17.9 Å². The van der Waals surface area contributed by atoms with Gasteiger partial charge in [-0.25, -0.2) is 9.97 Å². The number of nitrogens with zero attached hydrogens (tertiary/aromatic N) is 5. The lowest BCUT2D eigenvalue weighted by Crippen LogP contribution is -2.40. The van der Waals surface area contributed by atoms with Crippen molar-refractivity contribution in [3.05, 3.63) is 40.2 Å². The maximum absolute atomic E-state index is 13.0. The second kappa shape index (κ2) is 7.62. The predicted molar refractivity (Wildman–Crippen MR) is 107 cm³/mol. The Kier molecular flexibility index (Phi) is 5.19. The fourth-order valence-electron chi connectivity index (χ4n) is 4.21. The summed E-state index contributed by atoms with van der Waals surface area (Å²) < 4.78 is 1.97. The molecule has 1 N–H and O–H groups in total. The third-order valence-corrected chi connectivity index (χ3v) is 6.25. The average molecular weight is 383 g/mol. The van der Waals surface area contributed by atoms with E-state index >= 15 is 0 Å². The van der Waals surface area contributed by atoms with Crippen molar-refractivity contribution in [3.63, 3.8) is 0 Å². The maximum Gasteiger partial charge on any atom is 0.227 e. The zero-order valence-corrected chi connectivity index (χ0v) is 17.3. The van der Waals surface area contributed by atoms with Crippen LogP contribution < -0.4 is 5.32 Å². The van der Waals surface area contributed by atoms with Crippen LogP contribution in [-0.2, 0) is 24.3 Å². The Morgan fingerprint density at radius 1 is 1.36 bits per heavy atom. The van der Waals surface area contributed by atoms with E-state index in [1.54, 1.807) is 0 Å². The van der Waals surface area contributed by atoms with Crippen LogP contribution >= 0.6 is 0 Å². The second-order valence-electron chi connectivity index (χ2n) is 8.24. The topological polar surface area (TPSA) is 75.9 Å². The van der Waals surface area contributed by atoms with Crippen LogP contribution in [0.25, 0.3) is 0 Å². The molecule has 2 aromatic heterocycles. The molecule has 1 saturated heterocycles. The van der Waals surface area contributed by atoms with Crippen LogP contribution in [-0.4, -0.2) is 43.6 Å². The lowest BCUT2D eigenvalue weighted by molar-refractivity contribution is -0.136. The Morgan fingerprint density at radius 2 is 2.18 bits per heavy atom. The molecule has 28 heavy (non-hydrogen) atoms. The zero-order valence-electron chi connectivity index (χ0n) is 17.3. The summed E-state index contributed by atoms with van der Waals surface area (Å²) in [4.78, 5) is 24.4. The molecule has 4 rings (SSSR count). The number of aryl methyl sites for hydroxylation is 1. The van der Waals surface area contributed by atoms with Crippen molar-refractivity contribution in [1.82, 2.24) is 30.0 Å². The SMILES string of the molecule is Cc1nn(C[C@H](C)C(=O)N2CCc3nc([C@@H]4CCCN4)ncc3C2)c(C)c1C. The van der Waals surface area contributed by atoms with E-state index in [1.165, 1.54) is 12.0 Å². The predicted octanol–water partition coefficient (Wildman–Crippen LogP) is 2.24. The number of hydrogen-bond acceptors (Lipinski definition) is 5. The van der Waals surface area contributed by atoms with Gasteiger partial charge in [-0.1, -0.05) is 6.92 Å². The Hall–Kier alpha value is -2.28. The summed E-state index contributed by atoms with van der Waals surface area (Å²) in [6.45, 7) is 11.1. The molecule has 0 bridgehead atoms. The van der Waals surface area contributed by atoms with E-state index in [9.17, 15) is 4.79 Å². The van der Waals surface area contributed by atoms with E-state index in [0.29, 0.717) is 13.1 Å². The average Bonchev–Trinajstić information content (AvgIpc) is 3.32. The lowest BCUT2D eigenvalue weighted by atomic mass is 10.0. The van der Waals surface area contributed by atoms with E-state index in [1.807, 2.05) is 29.6 Å². The summed E-state index contributed by atoms with van der Waals surface area (Å²) in [7, 11) is 0. The van der Waals surface area contributed by atoms with Crippen molar-refractivity contribution < 1.29 is 4.79 Å². The Morgan fingerprint density at radius 3 is 2.86 bits per heavy atom. The van der Waals surface area contributed by atoms with Gasteiger partial charge in [0.15, 0.2) is 0 Å². The number of hydrogen-bond donors (Lipinski definition) is 1. The molecule has 1 fully saturated rings. The maximum atomic E-state index is 13.0. The van der Waals surface area contributed by atoms with Crippen LogP contribution in [0.4, 0.5) is 0 Å². The van der Waals surface area contributed by atoms with Gasteiger partial charge < -0.3 is 10.2 Å². The summed E-state index contributed by atoms with van der Waals surface area (Å²) in [5.74, 6) is 0.975. The van der Waals surface area contributed by atoms with Crippen molar-refractivity contribution in [2.45, 2.75) is 66.1 Å². The molecule has 2 aliphatic rings. The van der Waals surface area contributed by atoms with Gasteiger partial charge >= 0.3 is 0 Å². The van der Waals surface area contributed by atoms with Crippen molar-refractivity contribution >= 4 is 5.91 Å². The molecule has 2 aliphatic heterocycles. The van der Waals surface area contributed by atoms with Gasteiger partial charge in [-0.3, -0.25) is 9.48 Å². The van der Waals surface area contributed by atoms with Crippen LogP contribution in [0.2, 0.25) is 0 Å². The highest BCUT2D eigenvalue weighted by Crippen LogP contribution is 2.24. The Bertz CT molecular complexity index is 883. The van der Waals surface area contributed by atoms with Gasteiger partial charge in [0, 0.05) is 37.0 Å². The number of fused-ring (bicyclic) bond motifs is 1. The minimum Gasteiger partial charge on any atom is -0.338 e. The molecular weight excluding hydrogens is 352 g/mol. The summed E-state index contributed by atoms with van der Waals surface area (Å²) in [6, 6.07) is 0.286. The van der Waals surface area contributed by atoms with Gasteiger partial charge in [0.2, 0.25) is 5.91 Å². The lowest BCUT2D eigenvalue weighted by Gasteiger charge is -2.30. The molecule has 0 radical (unpaired) electrons. The van der Waals surface area contributed by atoms with Crippen LogP contribution in [0.1, 0.15) is 59.8 Å². The minimum absolute atomic E-state index is 0.109. The Labute approximate surface area is 166 Å². The smallest absolute Gasteiger partial charge is 0.227 e. The number of aromatic nitrogens is 4. The van der Waals surface area contributed by atoms with Gasteiger partial charge in [0.25, 0.3) is 0 Å². The number of amides is 1. The molecule has 2 atom stereocenters. The van der Waals surface area contributed by atoms with E-state index in [0.717, 1.165) is 54.4 Å². The molecular formula is C21H30N6O. The molecule has 0 aliphatic carbocycles. The highest BCUT2D eigenvalue weighted by molar-refractivity contribution is 5.78. The quantitative estimate of drug-likeness (QED) is 0.878. The number of carbonyl (C=O) groups is 1. The molecule has 0 spiro atoms. The first-order valence-electron chi connectivity index (χ1n) is 10.3. The van der Waals surface area contributed by atoms with Gasteiger partial charge in [-0.05, 0) is 45.7 Å². The summed E-state index contributed by atoms with van der Waals surface area (Å²) in [6.07, 6.45) is 5.01. The number of rotatable bonds is 4. The molecule has 0 aromatic carbocycles. The zero-order chi connectivity index (χ0) is 19.8. The molecule has 7 nitrogen and oxygen atoms in total. The van der Waals surface area contributed by atoms with Crippen molar-refractivity contribution in [3.8, 4) is 0 Å². The number of carbonyl (C=O) groups excluding carboxylic acids is 1. The summed E-state index contributed by atoms with van der Waals surface area (Å²) in [5, 5.41) is 8.04. The van der Waals surface area contributed by atoms with Gasteiger partial charge in [0.05, 0.1) is 29.9 Å². The van der Waals surface area contributed by atoms with Gasteiger partial charge in [-0.2, -0.15) is 5.10 Å². The standard InChI is InChI=1S/C21H30N6O/c1-13(11-27-16(4)14(2)15(3)25-27)21(28)26-9-7-18-17(12-26)10-23-20(24-18)19-6-5-8-22-19/h10,13,19,22H,5-9,11-12H2,1-4H3/t13-,19-/m0/s1. The van der Waals surface area contributed by atoms with Gasteiger partial charge in [-0.15, -0.1) is 0 Å². The van der Waals surface area contributed by atoms with E-state index in [2.05, 4.69) is 29.2 Å². The number of nitrogens with one attached hydrogen (secondary N) is 1. The molecule has 1 amide bonds. The Balaban J connectivity index is 1.43. The van der Waals surface area contributed by atoms with Crippen LogP contribution in [0, 0.1) is 26.7 Å². The molecule has 150 valence electrons. The first-order chi connectivity index (χ1) is 13.4. The van der Waals surface area contributed by atoms with E-state index < -0.39 is 0 Å². The van der Waals surface area contributed by atoms with Crippen LogP contribution in [0.5, 0.6) is 0 Å². The normalized spacial score (nSPS) is 20.3. The largest absolute Gasteiger partial charge is 0.338 e. The van der Waals surface area contributed by atoms with Crippen LogP contribution in [0.3, 0.4) is 0 Å². The van der Waals surface area contributed by atoms with Gasteiger partial charge in [0.1, 0.15) is 5.82 Å². The molecule has 0 unspecified atom stereocenters. The molecule has 0 saturated carbocycles. The highest BCUT2D eigenvalue weighted by atomic mass is 16.2. The monoisotopic (exact) mass is 382 g/mol. The fourth-order valence-corrected chi connectivity index (χ4v) is 4.21. The third-order valence-electron chi connectivity index (χ3n) is 6.25. The third kappa shape index (κ3) is 3.55. The van der Waals surface area contributed by atoms with Crippen molar-refractivity contribution in [2.75, 3.05) is 13.1 Å². The first kappa shape index (κ1) is 19.1. The minimum atomic E-state index is -0.109. The second-order valence-corrected chi connectivity index (χ2v) is 8.24. The molecule has 4 heterocycles. The highest BCUT2D eigenvalue weighted by Gasteiger charge is 2.28. The summed E-state index contributed by atoms with van der Waals surface area (Å²) >= 11 is 0. The molecule has 2 aromatic rings. The van der Waals surface area contributed by atoms with Crippen molar-refractivity contribution in [1.29, 1.82) is 0 Å². The van der Waals surface area contributed by atoms with Crippen molar-refractivity contribution in [2.24, 2.45) is 5.92 Å². The molecule has 7 heteroatoms.